The van der Waals surface area contributed by atoms with Crippen LogP contribution < -0.4 is 10.6 Å². The van der Waals surface area contributed by atoms with Crippen molar-refractivity contribution in [2.75, 3.05) is 13.1 Å². The first kappa shape index (κ1) is 31.3. The first-order valence-corrected chi connectivity index (χ1v) is 14.4. The summed E-state index contributed by atoms with van der Waals surface area (Å²) in [5.74, 6) is -0.767. The fourth-order valence-electron chi connectivity index (χ4n) is 4.51. The minimum absolute atomic E-state index is 0.0474. The molecule has 4 rings (SSSR count). The molecule has 3 aromatic carbocycles. The normalized spacial score (nSPS) is 11.8. The fraction of sp³-hybridized carbons (Fsp3) is 0.273. The van der Waals surface area contributed by atoms with E-state index in [2.05, 4.69) is 20.6 Å². The summed E-state index contributed by atoms with van der Waals surface area (Å²) in [5.41, 5.74) is 3.00. The van der Waals surface area contributed by atoms with E-state index in [0.717, 1.165) is 16.7 Å². The van der Waals surface area contributed by atoms with Crippen molar-refractivity contribution < 1.29 is 19.1 Å². The molecule has 1 heterocycles. The van der Waals surface area contributed by atoms with Crippen LogP contribution in [0.5, 0.6) is 0 Å². The zero-order chi connectivity index (χ0) is 30.7. The quantitative estimate of drug-likeness (QED) is 0.199. The van der Waals surface area contributed by atoms with E-state index in [4.69, 9.17) is 16.3 Å². The van der Waals surface area contributed by atoms with Crippen molar-refractivity contribution in [2.24, 2.45) is 0 Å². The molecule has 0 spiro atoms. The number of halogens is 1. The molecule has 1 atom stereocenters. The van der Waals surface area contributed by atoms with Crippen molar-refractivity contribution >= 4 is 29.5 Å². The Labute approximate surface area is 256 Å². The number of alkyl carbamates (subject to hydrolysis) is 1. The Kier molecular flexibility index (Phi) is 10.9. The highest BCUT2D eigenvalue weighted by Crippen LogP contribution is 2.22. The standard InChI is InChI=1S/C33H36ClN5O4/c1-33(2,26-11-7-4-8-12-26)22-36-30(40)20-39(19-24-13-15-27(34)16-14-24)31(41)29(17-28-18-35-23-37-28)38-32(42)43-21-25-9-5-3-6-10-25/h3-16,18,23,29H,17,19-22H2,1-2H3,(H,35,37)(H,36,40)(H,38,42). The van der Waals surface area contributed by atoms with Gasteiger partial charge in [0.25, 0.3) is 0 Å². The van der Waals surface area contributed by atoms with E-state index >= 15 is 0 Å². The summed E-state index contributed by atoms with van der Waals surface area (Å²) in [7, 11) is 0. The number of nitrogens with zero attached hydrogens (tertiary/aromatic N) is 2. The monoisotopic (exact) mass is 601 g/mol. The number of imidazole rings is 1. The molecule has 224 valence electrons. The van der Waals surface area contributed by atoms with Crippen molar-refractivity contribution in [3.8, 4) is 0 Å². The number of nitrogens with one attached hydrogen (secondary N) is 3. The van der Waals surface area contributed by atoms with Gasteiger partial charge < -0.3 is 25.3 Å². The van der Waals surface area contributed by atoms with Gasteiger partial charge in [-0.05, 0) is 28.8 Å². The number of amides is 3. The van der Waals surface area contributed by atoms with Gasteiger partial charge in [0.1, 0.15) is 12.6 Å². The molecule has 0 saturated heterocycles. The van der Waals surface area contributed by atoms with Crippen LogP contribution in [0.15, 0.2) is 97.5 Å². The lowest BCUT2D eigenvalue weighted by atomic mass is 9.84. The van der Waals surface area contributed by atoms with Crippen LogP contribution in [-0.4, -0.2) is 51.9 Å². The molecule has 0 saturated carbocycles. The van der Waals surface area contributed by atoms with Gasteiger partial charge in [-0.15, -0.1) is 0 Å². The van der Waals surface area contributed by atoms with E-state index in [1.165, 1.54) is 11.2 Å². The summed E-state index contributed by atoms with van der Waals surface area (Å²) in [6.45, 7) is 4.43. The van der Waals surface area contributed by atoms with E-state index in [-0.39, 0.29) is 37.4 Å². The topological polar surface area (TPSA) is 116 Å². The molecule has 4 aromatic rings. The van der Waals surface area contributed by atoms with E-state index in [0.29, 0.717) is 17.3 Å². The van der Waals surface area contributed by atoms with Crippen LogP contribution in [0.2, 0.25) is 5.02 Å². The lowest BCUT2D eigenvalue weighted by molar-refractivity contribution is -0.138. The van der Waals surface area contributed by atoms with Gasteiger partial charge in [0.15, 0.2) is 0 Å². The highest BCUT2D eigenvalue weighted by molar-refractivity contribution is 6.30. The number of aromatic nitrogens is 2. The number of ether oxygens (including phenoxy) is 1. The summed E-state index contributed by atoms with van der Waals surface area (Å²) in [6.07, 6.45) is 2.46. The Morgan fingerprint density at radius 2 is 1.63 bits per heavy atom. The number of benzene rings is 3. The maximum Gasteiger partial charge on any atom is 0.408 e. The first-order valence-electron chi connectivity index (χ1n) is 14.0. The van der Waals surface area contributed by atoms with E-state index in [1.54, 1.807) is 30.5 Å². The average molecular weight is 602 g/mol. The first-order chi connectivity index (χ1) is 20.7. The largest absolute Gasteiger partial charge is 0.445 e. The van der Waals surface area contributed by atoms with Crippen molar-refractivity contribution in [1.82, 2.24) is 25.5 Å². The van der Waals surface area contributed by atoms with Crippen LogP contribution >= 0.6 is 11.6 Å². The number of carbonyl (C=O) groups excluding carboxylic acids is 3. The third-order valence-corrected chi connectivity index (χ3v) is 7.25. The molecule has 3 amide bonds. The van der Waals surface area contributed by atoms with Gasteiger partial charge in [-0.1, -0.05) is 98.2 Å². The number of hydrogen-bond acceptors (Lipinski definition) is 5. The Balaban J connectivity index is 1.49. The van der Waals surface area contributed by atoms with Crippen LogP contribution in [0.3, 0.4) is 0 Å². The van der Waals surface area contributed by atoms with Crippen molar-refractivity contribution in [2.45, 2.75) is 44.9 Å². The number of rotatable bonds is 13. The summed E-state index contributed by atoms with van der Waals surface area (Å²) in [4.78, 5) is 48.5. The Morgan fingerprint density at radius 1 is 0.953 bits per heavy atom. The number of carbonyl (C=O) groups is 3. The molecule has 0 aliphatic heterocycles. The Bertz CT molecular complexity index is 1460. The zero-order valence-corrected chi connectivity index (χ0v) is 25.0. The van der Waals surface area contributed by atoms with E-state index in [1.807, 2.05) is 74.5 Å². The second-order valence-electron chi connectivity index (χ2n) is 10.9. The molecule has 0 aliphatic rings. The summed E-state index contributed by atoms with van der Waals surface area (Å²) >= 11 is 6.08. The minimum Gasteiger partial charge on any atom is -0.445 e. The van der Waals surface area contributed by atoms with Gasteiger partial charge in [-0.2, -0.15) is 0 Å². The van der Waals surface area contributed by atoms with Crippen LogP contribution in [-0.2, 0) is 39.3 Å². The summed E-state index contributed by atoms with van der Waals surface area (Å²) in [6, 6.07) is 25.2. The second kappa shape index (κ2) is 15.0. The van der Waals surface area contributed by atoms with Crippen LogP contribution in [0, 0.1) is 0 Å². The molecule has 0 aliphatic carbocycles. The SMILES string of the molecule is CC(C)(CNC(=O)CN(Cc1ccc(Cl)cc1)C(=O)C(Cc1cnc[nH]1)NC(=O)OCc1ccccc1)c1ccccc1. The average Bonchev–Trinajstić information content (AvgIpc) is 3.53. The van der Waals surface area contributed by atoms with Gasteiger partial charge in [0.2, 0.25) is 11.8 Å². The second-order valence-corrected chi connectivity index (χ2v) is 11.3. The molecule has 1 unspecified atom stereocenters. The molecule has 9 nitrogen and oxygen atoms in total. The van der Waals surface area contributed by atoms with Gasteiger partial charge in [-0.3, -0.25) is 9.59 Å². The van der Waals surface area contributed by atoms with Gasteiger partial charge in [-0.25, -0.2) is 9.78 Å². The molecule has 0 bridgehead atoms. The maximum atomic E-state index is 14.0. The van der Waals surface area contributed by atoms with Crippen LogP contribution in [0.25, 0.3) is 0 Å². The number of H-pyrrole nitrogens is 1. The summed E-state index contributed by atoms with van der Waals surface area (Å²) in [5, 5.41) is 6.24. The minimum atomic E-state index is -1.02. The van der Waals surface area contributed by atoms with Crippen molar-refractivity contribution in [1.29, 1.82) is 0 Å². The maximum absolute atomic E-state index is 14.0. The molecule has 43 heavy (non-hydrogen) atoms. The zero-order valence-electron chi connectivity index (χ0n) is 24.3. The Morgan fingerprint density at radius 3 is 2.28 bits per heavy atom. The smallest absolute Gasteiger partial charge is 0.408 e. The lowest BCUT2D eigenvalue weighted by Gasteiger charge is -2.29. The van der Waals surface area contributed by atoms with Crippen LogP contribution in [0.4, 0.5) is 4.79 Å². The third kappa shape index (κ3) is 9.72. The van der Waals surface area contributed by atoms with Crippen molar-refractivity contribution in [3.05, 3.63) is 125 Å². The molecule has 1 aromatic heterocycles. The molecular weight excluding hydrogens is 566 g/mol. The fourth-order valence-corrected chi connectivity index (χ4v) is 4.63. The predicted molar refractivity (Wildman–Crippen MR) is 165 cm³/mol. The van der Waals surface area contributed by atoms with Gasteiger partial charge in [0.05, 0.1) is 12.9 Å². The third-order valence-electron chi connectivity index (χ3n) is 7.00. The van der Waals surface area contributed by atoms with Crippen LogP contribution in [0.1, 0.15) is 36.2 Å². The highest BCUT2D eigenvalue weighted by Gasteiger charge is 2.30. The summed E-state index contributed by atoms with van der Waals surface area (Å²) < 4.78 is 5.40. The molecular formula is C33H36ClN5O4. The highest BCUT2D eigenvalue weighted by atomic mass is 35.5. The number of aromatic amines is 1. The van der Waals surface area contributed by atoms with E-state index in [9.17, 15) is 14.4 Å². The molecule has 0 fully saturated rings. The Hall–Kier alpha value is -4.63. The molecule has 10 heteroatoms. The molecule has 0 radical (unpaired) electrons. The lowest BCUT2D eigenvalue weighted by Crippen LogP contribution is -2.52. The van der Waals surface area contributed by atoms with Crippen molar-refractivity contribution in [3.63, 3.8) is 0 Å². The predicted octanol–water partition coefficient (Wildman–Crippen LogP) is 5.02. The molecule has 3 N–H and O–H groups in total. The van der Waals surface area contributed by atoms with E-state index < -0.39 is 18.0 Å². The van der Waals surface area contributed by atoms with Gasteiger partial charge in [0, 0.05) is 41.8 Å². The van der Waals surface area contributed by atoms with Gasteiger partial charge >= 0.3 is 6.09 Å². The number of hydrogen-bond donors (Lipinski definition) is 3.